The molecule has 3 heteroatoms. The summed E-state index contributed by atoms with van der Waals surface area (Å²) in [7, 11) is -1.35. The van der Waals surface area contributed by atoms with E-state index in [1.54, 1.807) is 0 Å². The van der Waals surface area contributed by atoms with Gasteiger partial charge in [-0.25, -0.2) is 0 Å². The number of rotatable bonds is 7. The zero-order valence-electron chi connectivity index (χ0n) is 13.3. The molecule has 0 aromatic heterocycles. The summed E-state index contributed by atoms with van der Waals surface area (Å²) in [6.45, 7) is 2.28. The van der Waals surface area contributed by atoms with Crippen molar-refractivity contribution >= 4 is 12.6 Å². The Kier molecular flexibility index (Phi) is 6.79. The molecule has 21 heavy (non-hydrogen) atoms. The van der Waals surface area contributed by atoms with Gasteiger partial charge in [0.05, 0.1) is 0 Å². The number of aryl methyl sites for hydroxylation is 1. The molecule has 0 heterocycles. The van der Waals surface area contributed by atoms with Crippen molar-refractivity contribution in [3.8, 4) is 0 Å². The zero-order valence-corrected chi connectivity index (χ0v) is 13.3. The Balaban J connectivity index is 1.69. The average molecular weight is 288 g/mol. The van der Waals surface area contributed by atoms with E-state index in [1.165, 1.54) is 56.9 Å². The summed E-state index contributed by atoms with van der Waals surface area (Å²) in [5.41, 5.74) is 1.89. The second kappa shape index (κ2) is 8.60. The van der Waals surface area contributed by atoms with Crippen molar-refractivity contribution in [1.82, 2.24) is 0 Å². The largest absolute Gasteiger partial charge is 0.488 e. The van der Waals surface area contributed by atoms with Crippen molar-refractivity contribution in [1.29, 1.82) is 0 Å². The minimum atomic E-state index is -1.35. The van der Waals surface area contributed by atoms with Gasteiger partial charge in [0.1, 0.15) is 0 Å². The lowest BCUT2D eigenvalue weighted by Gasteiger charge is -2.28. The number of hydrogen-bond donors (Lipinski definition) is 2. The topological polar surface area (TPSA) is 40.5 Å². The Morgan fingerprint density at radius 2 is 1.52 bits per heavy atom. The van der Waals surface area contributed by atoms with E-state index in [9.17, 15) is 0 Å². The van der Waals surface area contributed by atoms with E-state index >= 15 is 0 Å². The molecule has 0 unspecified atom stereocenters. The Hall–Kier alpha value is -0.795. The van der Waals surface area contributed by atoms with Crippen LogP contribution in [0.3, 0.4) is 0 Å². The summed E-state index contributed by atoms with van der Waals surface area (Å²) in [5, 5.41) is 18.2. The van der Waals surface area contributed by atoms with E-state index in [2.05, 4.69) is 6.92 Å². The van der Waals surface area contributed by atoms with Crippen LogP contribution in [0.5, 0.6) is 0 Å². The van der Waals surface area contributed by atoms with Crippen molar-refractivity contribution in [2.75, 3.05) is 0 Å². The van der Waals surface area contributed by atoms with Crippen molar-refractivity contribution < 1.29 is 10.0 Å². The van der Waals surface area contributed by atoms with E-state index in [1.807, 2.05) is 24.3 Å². The molecule has 0 spiro atoms. The summed E-state index contributed by atoms with van der Waals surface area (Å²) in [6.07, 6.45) is 12.2. The molecular weight excluding hydrogens is 259 g/mol. The van der Waals surface area contributed by atoms with E-state index in [4.69, 9.17) is 10.0 Å². The van der Waals surface area contributed by atoms with Gasteiger partial charge in [0, 0.05) is 0 Å². The molecule has 1 aliphatic rings. The van der Waals surface area contributed by atoms with Gasteiger partial charge in [-0.1, -0.05) is 76.1 Å². The highest BCUT2D eigenvalue weighted by atomic mass is 16.4. The second-order valence-corrected chi connectivity index (χ2v) is 6.68. The Labute approximate surface area is 129 Å². The molecule has 0 radical (unpaired) electrons. The summed E-state index contributed by atoms with van der Waals surface area (Å²) in [6, 6.07) is 7.70. The highest BCUT2D eigenvalue weighted by Gasteiger charge is 2.20. The molecule has 1 aromatic rings. The summed E-state index contributed by atoms with van der Waals surface area (Å²) in [5.74, 6) is 1.89. The zero-order chi connectivity index (χ0) is 15.1. The smallest absolute Gasteiger partial charge is 0.423 e. The monoisotopic (exact) mass is 288 g/mol. The van der Waals surface area contributed by atoms with Crippen LogP contribution in [-0.4, -0.2) is 17.2 Å². The number of hydrogen-bond acceptors (Lipinski definition) is 2. The number of benzene rings is 1. The van der Waals surface area contributed by atoms with Gasteiger partial charge in [0.15, 0.2) is 0 Å². The highest BCUT2D eigenvalue weighted by Crippen LogP contribution is 2.34. The van der Waals surface area contributed by atoms with Crippen LogP contribution in [0, 0.1) is 11.8 Å². The molecule has 0 saturated heterocycles. The minimum absolute atomic E-state index is 0.579. The lowest BCUT2D eigenvalue weighted by Crippen LogP contribution is -2.29. The van der Waals surface area contributed by atoms with Crippen LogP contribution < -0.4 is 5.46 Å². The standard InChI is InChI=1S/C18H29BO2/c1-2-3-4-15-5-7-16(8-6-15)9-10-17-11-13-18(14-12-17)19(20)21/h11-16,20-21H,2-10H2,1H3. The van der Waals surface area contributed by atoms with Gasteiger partial charge >= 0.3 is 7.12 Å². The molecule has 0 amide bonds. The molecule has 1 aromatic carbocycles. The molecule has 0 atom stereocenters. The van der Waals surface area contributed by atoms with Crippen LogP contribution in [0.4, 0.5) is 0 Å². The van der Waals surface area contributed by atoms with Gasteiger partial charge in [-0.05, 0) is 35.7 Å². The SMILES string of the molecule is CCCCC1CCC(CCc2ccc(B(O)O)cc2)CC1. The summed E-state index contributed by atoms with van der Waals surface area (Å²) >= 11 is 0. The van der Waals surface area contributed by atoms with Crippen LogP contribution in [0.15, 0.2) is 24.3 Å². The molecule has 2 nitrogen and oxygen atoms in total. The Morgan fingerprint density at radius 3 is 2.05 bits per heavy atom. The average Bonchev–Trinajstić information content (AvgIpc) is 2.52. The predicted molar refractivity (Wildman–Crippen MR) is 89.6 cm³/mol. The molecule has 2 N–H and O–H groups in total. The Morgan fingerprint density at radius 1 is 0.952 bits per heavy atom. The molecular formula is C18H29BO2. The maximum Gasteiger partial charge on any atom is 0.488 e. The first-order valence-corrected chi connectivity index (χ1v) is 8.64. The van der Waals surface area contributed by atoms with Crippen molar-refractivity contribution in [3.63, 3.8) is 0 Å². The maximum atomic E-state index is 9.09. The van der Waals surface area contributed by atoms with E-state index in [-0.39, 0.29) is 0 Å². The first kappa shape index (κ1) is 16.6. The van der Waals surface area contributed by atoms with Crippen molar-refractivity contribution in [2.45, 2.75) is 64.7 Å². The first-order valence-electron chi connectivity index (χ1n) is 8.64. The molecule has 116 valence electrons. The minimum Gasteiger partial charge on any atom is -0.423 e. The highest BCUT2D eigenvalue weighted by molar-refractivity contribution is 6.58. The first-order chi connectivity index (χ1) is 10.2. The fraction of sp³-hybridized carbons (Fsp3) is 0.667. The lowest BCUT2D eigenvalue weighted by molar-refractivity contribution is 0.250. The van der Waals surface area contributed by atoms with E-state index in [0.29, 0.717) is 5.46 Å². The van der Waals surface area contributed by atoms with Gasteiger partial charge in [-0.15, -0.1) is 0 Å². The van der Waals surface area contributed by atoms with Gasteiger partial charge in [-0.2, -0.15) is 0 Å². The molecule has 1 fully saturated rings. The van der Waals surface area contributed by atoms with Crippen molar-refractivity contribution in [2.24, 2.45) is 11.8 Å². The predicted octanol–water partition coefficient (Wildman–Crippen LogP) is 3.30. The van der Waals surface area contributed by atoms with Gasteiger partial charge < -0.3 is 10.0 Å². The van der Waals surface area contributed by atoms with E-state index < -0.39 is 7.12 Å². The molecule has 0 aliphatic heterocycles. The fourth-order valence-corrected chi connectivity index (χ4v) is 3.53. The molecule has 1 aliphatic carbocycles. The fourth-order valence-electron chi connectivity index (χ4n) is 3.53. The quantitative estimate of drug-likeness (QED) is 0.756. The maximum absolute atomic E-state index is 9.09. The number of unbranched alkanes of at least 4 members (excludes halogenated alkanes) is 1. The van der Waals surface area contributed by atoms with Gasteiger partial charge in [0.2, 0.25) is 0 Å². The van der Waals surface area contributed by atoms with Crippen molar-refractivity contribution in [3.05, 3.63) is 29.8 Å². The third-order valence-corrected chi connectivity index (χ3v) is 5.05. The summed E-state index contributed by atoms with van der Waals surface area (Å²) < 4.78 is 0. The molecule has 2 rings (SSSR count). The van der Waals surface area contributed by atoms with Crippen LogP contribution in [0.2, 0.25) is 0 Å². The van der Waals surface area contributed by atoms with Gasteiger partial charge in [0.25, 0.3) is 0 Å². The van der Waals surface area contributed by atoms with E-state index in [0.717, 1.165) is 18.3 Å². The third-order valence-electron chi connectivity index (χ3n) is 5.05. The molecule has 0 bridgehead atoms. The van der Waals surface area contributed by atoms with Crippen LogP contribution in [0.1, 0.15) is 63.9 Å². The van der Waals surface area contributed by atoms with Crippen LogP contribution in [-0.2, 0) is 6.42 Å². The normalized spacial score (nSPS) is 22.2. The third kappa shape index (κ3) is 5.48. The van der Waals surface area contributed by atoms with Gasteiger partial charge in [-0.3, -0.25) is 0 Å². The van der Waals surface area contributed by atoms with Crippen LogP contribution >= 0.6 is 0 Å². The lowest BCUT2D eigenvalue weighted by atomic mass is 9.77. The second-order valence-electron chi connectivity index (χ2n) is 6.68. The molecule has 1 saturated carbocycles. The Bertz CT molecular complexity index is 394. The van der Waals surface area contributed by atoms with Crippen LogP contribution in [0.25, 0.3) is 0 Å². The summed E-state index contributed by atoms with van der Waals surface area (Å²) in [4.78, 5) is 0.